The van der Waals surface area contributed by atoms with Crippen LogP contribution in [0.15, 0.2) is 129 Å². The number of nitrogens with two attached hydrogens (primary N) is 2. The van der Waals surface area contributed by atoms with Gasteiger partial charge in [0.05, 0.1) is 49.9 Å². The predicted molar refractivity (Wildman–Crippen MR) is 318 cm³/mol. The maximum atomic E-state index is 12.6. The first kappa shape index (κ1) is 70.2. The molecule has 0 radical (unpaired) electrons. The number of amides is 1. The number of nitrogens with one attached hydrogen (secondary N) is 1. The monoisotopic (exact) mass is 1390 g/mol. The van der Waals surface area contributed by atoms with Crippen molar-refractivity contribution >= 4 is 92.3 Å². The molecule has 0 saturated carbocycles. The largest absolute Gasteiger partial charge is 0.756 e. The summed E-state index contributed by atoms with van der Waals surface area (Å²) in [5.41, 5.74) is 14.1. The molecule has 3 aromatic carbocycles. The first-order valence-electron chi connectivity index (χ1n) is 28.1. The molecule has 96 heavy (non-hydrogen) atoms. The van der Waals surface area contributed by atoms with Crippen LogP contribution in [-0.4, -0.2) is 193 Å². The Hall–Kier alpha value is -8.63. The number of nitrogens with zero attached hydrogens (tertiary/aromatic N) is 12. The zero-order valence-corrected chi connectivity index (χ0v) is 52.7. The van der Waals surface area contributed by atoms with Crippen LogP contribution < -0.4 is 31.5 Å². The van der Waals surface area contributed by atoms with E-state index >= 15 is 0 Å². The fourth-order valence-electron chi connectivity index (χ4n) is 9.73. The lowest BCUT2D eigenvalue weighted by atomic mass is 10.1. The summed E-state index contributed by atoms with van der Waals surface area (Å²) in [5.74, 6) is -1.45. The average Bonchev–Trinajstić information content (AvgIpc) is 1.63. The maximum Gasteiger partial charge on any atom is 0.338 e. The van der Waals surface area contributed by atoms with E-state index in [-0.39, 0.29) is 62.1 Å². The van der Waals surface area contributed by atoms with Crippen LogP contribution in [0, 0.1) is 0 Å². The van der Waals surface area contributed by atoms with Gasteiger partial charge in [-0.1, -0.05) is 54.6 Å². The van der Waals surface area contributed by atoms with E-state index in [1.807, 2.05) is 0 Å². The average molecular weight is 1390 g/mol. The van der Waals surface area contributed by atoms with E-state index in [1.165, 1.54) is 63.8 Å². The summed E-state index contributed by atoms with van der Waals surface area (Å²) in [4.78, 5) is 109. The van der Waals surface area contributed by atoms with Gasteiger partial charge in [0.15, 0.2) is 70.8 Å². The summed E-state index contributed by atoms with van der Waals surface area (Å²) in [7, 11) is -10.9. The summed E-state index contributed by atoms with van der Waals surface area (Å²) < 4.78 is 93.8. The van der Waals surface area contributed by atoms with Crippen LogP contribution in [0.25, 0.3) is 33.5 Å². The topological polar surface area (TPSA) is 549 Å². The number of nitrogen functional groups attached to an aromatic ring is 2. The van der Waals surface area contributed by atoms with Gasteiger partial charge >= 0.3 is 11.9 Å². The molecule has 3 aliphatic rings. The zero-order valence-electron chi connectivity index (χ0n) is 50.0. The second kappa shape index (κ2) is 30.2. The molecule has 12 rings (SSSR count). The van der Waals surface area contributed by atoms with Gasteiger partial charge < -0.3 is 103 Å². The molecule has 3 saturated heterocycles. The number of benzene rings is 3. The van der Waals surface area contributed by atoms with Gasteiger partial charge in [0.1, 0.15) is 72.7 Å². The third-order valence-corrected chi connectivity index (χ3v) is 17.3. The first-order chi connectivity index (χ1) is 45.9. The number of phosphoric acid groups is 3. The molecule has 9 aromatic rings. The molecule has 3 fully saturated rings. The summed E-state index contributed by atoms with van der Waals surface area (Å²) in [6.07, 6.45) is -7.56. The highest BCUT2D eigenvalue weighted by Gasteiger charge is 2.50. The molecule has 1 amide bonds. The van der Waals surface area contributed by atoms with Crippen LogP contribution in [0.2, 0.25) is 0 Å². The Labute approximate surface area is 540 Å². The van der Waals surface area contributed by atoms with E-state index in [0.717, 1.165) is 21.3 Å². The first-order valence-corrected chi connectivity index (χ1v) is 32.4. The molecule has 9 heterocycles. The van der Waals surface area contributed by atoms with Gasteiger partial charge in [0.25, 0.3) is 29.4 Å². The third kappa shape index (κ3) is 15.9. The van der Waals surface area contributed by atoms with Crippen molar-refractivity contribution in [2.75, 3.05) is 57.9 Å². The second-order valence-electron chi connectivity index (χ2n) is 20.4. The van der Waals surface area contributed by atoms with Gasteiger partial charge in [0, 0.05) is 26.9 Å². The number of anilines is 3. The van der Waals surface area contributed by atoms with Crippen molar-refractivity contribution in [3.63, 3.8) is 0 Å². The minimum atomic E-state index is -4.60. The number of fused-ring (bicyclic) bond motifs is 3. The van der Waals surface area contributed by atoms with E-state index < -0.39 is 135 Å². The van der Waals surface area contributed by atoms with Crippen LogP contribution in [-0.2, 0) is 64.5 Å². The van der Waals surface area contributed by atoms with Crippen molar-refractivity contribution in [3.05, 3.63) is 146 Å². The molecule has 0 bridgehead atoms. The predicted octanol–water partition coefficient (Wildman–Crippen LogP) is -0.123. The van der Waals surface area contributed by atoms with Gasteiger partial charge in [-0.05, 0) is 36.4 Å². The number of carbonyl (C=O) groups is 3. The number of aliphatic hydroxyl groups excluding tert-OH is 4. The minimum Gasteiger partial charge on any atom is -0.756 e. The van der Waals surface area contributed by atoms with E-state index in [4.69, 9.17) is 44.2 Å². The summed E-state index contributed by atoms with van der Waals surface area (Å²) in [6, 6.07) is 24.8. The number of hydrogen-bond acceptors (Lipinski definition) is 35. The zero-order chi connectivity index (χ0) is 68.6. The van der Waals surface area contributed by atoms with Crippen LogP contribution in [0.1, 0.15) is 49.8 Å². The number of ether oxygens (including phenoxy) is 5. The number of phosphoric ester groups is 3. The van der Waals surface area contributed by atoms with Gasteiger partial charge in [-0.2, -0.15) is 0 Å². The third-order valence-electron chi connectivity index (χ3n) is 14.5. The number of carbonyl (C=O) groups excluding carboxylic acids is 3. The maximum absolute atomic E-state index is 12.6. The number of aliphatic hydroxyl groups is 4. The van der Waals surface area contributed by atoms with Gasteiger partial charge in [-0.3, -0.25) is 32.2 Å². The van der Waals surface area contributed by atoms with Gasteiger partial charge in [-0.15, -0.1) is 0 Å². The fourth-order valence-corrected chi connectivity index (χ4v) is 11.0. The molecule has 6 unspecified atom stereocenters. The van der Waals surface area contributed by atoms with Crippen LogP contribution >= 0.6 is 23.5 Å². The summed E-state index contributed by atoms with van der Waals surface area (Å²) in [5, 5.41) is 45.1. The Kier molecular flexibility index (Phi) is 22.1. The second-order valence-corrected chi connectivity index (χ2v) is 25.0. The highest BCUT2D eigenvalue weighted by Crippen LogP contribution is 2.43. The molecule has 9 N–H and O–H groups in total. The van der Waals surface area contributed by atoms with Crippen LogP contribution in [0.3, 0.4) is 0 Å². The quantitative estimate of drug-likeness (QED) is 0.0364. The van der Waals surface area contributed by atoms with Gasteiger partial charge in [-0.25, -0.2) is 54.4 Å². The van der Waals surface area contributed by atoms with E-state index in [9.17, 15) is 63.2 Å². The lowest BCUT2D eigenvalue weighted by molar-refractivity contribution is -0.227. The smallest absolute Gasteiger partial charge is 0.338 e. The van der Waals surface area contributed by atoms with Crippen molar-refractivity contribution in [1.82, 2.24) is 58.6 Å². The highest BCUT2D eigenvalue weighted by molar-refractivity contribution is 7.46. The summed E-state index contributed by atoms with van der Waals surface area (Å²) >= 11 is 0. The number of aromatic nitrogens is 12. The molecule has 3 aliphatic heterocycles. The van der Waals surface area contributed by atoms with Crippen molar-refractivity contribution in [1.29, 1.82) is 0 Å². The lowest BCUT2D eigenvalue weighted by Gasteiger charge is -2.24. The van der Waals surface area contributed by atoms with Crippen LogP contribution in [0.4, 0.5) is 17.5 Å². The molecular weight excluding hydrogens is 1340 g/mol. The van der Waals surface area contributed by atoms with Crippen molar-refractivity contribution in [2.24, 2.45) is 0 Å². The Morgan fingerprint density at radius 3 is 1.33 bits per heavy atom. The molecule has 42 heteroatoms. The molecular formula is C54H57N15O24P3-3. The number of esters is 2. The van der Waals surface area contributed by atoms with Crippen molar-refractivity contribution in [2.45, 2.75) is 73.6 Å². The number of imidazole rings is 3. The molecule has 15 atom stereocenters. The Bertz CT molecular complexity index is 4340. The van der Waals surface area contributed by atoms with Crippen molar-refractivity contribution in [3.8, 4) is 0 Å². The molecule has 510 valence electrons. The normalized spacial score (nSPS) is 25.0. The Morgan fingerprint density at radius 1 is 0.479 bits per heavy atom. The standard InChI is InChI=1S/3C18H20N5O8P/c1-28-32(26,27)29-7-11-14(31-18(25)10-5-3-2-4-6-10)13(24)17(30-11)23-9-22-12-15(19)20-8-21-16(12)23;1-28-32(26,27)29-7-11-13(24)14(31-18(25)10-5-3-2-4-6-10)17(30-11)23-9-22-12-15(19)20-8-21-16(12)23;1-29-32(27,28)30-7-11-13(24)14(25)18(31-11)23-9-21-12-15(19-8-20-16(12)23)22-17(26)10-5-3-2-4-6-10/h2*2-6,8-9,11,13-14,17,24H,7H2,1H3,(H,26,27)(H2,19,20,21);2-6,8-9,11,13-14,18,24-25H,7H2,1H3,(H,27,28)(H,19,20,22,26)/p-3/t11-,13?,14+,17-;11-,13+,14?,17-;11-,13+,14?,18-/m111/s1. The number of rotatable bonds is 21. The number of hydrogen-bond donors (Lipinski definition) is 7. The lowest BCUT2D eigenvalue weighted by Crippen LogP contribution is -2.38. The molecule has 6 aromatic heterocycles. The SMILES string of the molecule is COP(=O)([O-])OC[C@H]1O[C@@H](n2cnc3c(N)ncnc32)C(O)[C@H]1OC(=O)c1ccccc1.COP(=O)([O-])OC[C@H]1O[C@@H](n2cnc3c(N)ncnc32)C(OC(=O)c2ccccc2)[C@H]1O.COP(=O)([O-])OC[C@H]1O[C@@H](n2cnc3c(NC(=O)c4ccccc4)ncnc32)C(O)[C@H]1O. The van der Waals surface area contributed by atoms with Crippen LogP contribution in [0.5, 0.6) is 0 Å². The molecule has 0 aliphatic carbocycles. The van der Waals surface area contributed by atoms with E-state index in [1.54, 1.807) is 78.9 Å². The van der Waals surface area contributed by atoms with E-state index in [0.29, 0.717) is 5.56 Å². The Balaban J connectivity index is 0.000000157. The van der Waals surface area contributed by atoms with Crippen molar-refractivity contribution < 1.29 is 114 Å². The molecule has 0 spiro atoms. The highest BCUT2D eigenvalue weighted by atomic mass is 31.2. The Morgan fingerprint density at radius 2 is 0.854 bits per heavy atom. The fraction of sp³-hybridized carbons (Fsp3) is 0.333. The van der Waals surface area contributed by atoms with E-state index in [2.05, 4.69) is 68.3 Å². The minimum absolute atomic E-state index is 0.123. The van der Waals surface area contributed by atoms with Gasteiger partial charge in [0.2, 0.25) is 0 Å². The molecule has 39 nitrogen and oxygen atoms in total. The summed E-state index contributed by atoms with van der Waals surface area (Å²) in [6.45, 7) is -1.71.